The standard InChI is InChI=1S/C11H14N2O5/c14-10-7-3-1-5-9(10)6-2-4-8-11(12(15)16)13(17)18/h1,3,5,7,11,14H,2,4,6,8H2. The van der Waals surface area contributed by atoms with Gasteiger partial charge in [-0.3, -0.25) is 20.2 Å². The molecule has 0 unspecified atom stereocenters. The molecule has 0 amide bonds. The van der Waals surface area contributed by atoms with Gasteiger partial charge in [0.25, 0.3) is 0 Å². The Labute approximate surface area is 103 Å². The van der Waals surface area contributed by atoms with Gasteiger partial charge in [0.1, 0.15) is 5.75 Å². The first-order chi connectivity index (χ1) is 8.52. The van der Waals surface area contributed by atoms with Crippen molar-refractivity contribution in [2.45, 2.75) is 31.8 Å². The maximum Gasteiger partial charge on any atom is 0.450 e. The molecule has 0 aliphatic heterocycles. The van der Waals surface area contributed by atoms with E-state index >= 15 is 0 Å². The van der Waals surface area contributed by atoms with E-state index in [-0.39, 0.29) is 12.2 Å². The number of para-hydroxylation sites is 1. The molecule has 98 valence electrons. The Morgan fingerprint density at radius 2 is 1.72 bits per heavy atom. The highest BCUT2D eigenvalue weighted by Gasteiger charge is 2.30. The number of nitrogens with zero attached hydrogens (tertiary/aromatic N) is 2. The summed E-state index contributed by atoms with van der Waals surface area (Å²) >= 11 is 0. The summed E-state index contributed by atoms with van der Waals surface area (Å²) in [5.74, 6) is 0.178. The Balaban J connectivity index is 2.37. The van der Waals surface area contributed by atoms with Crippen LogP contribution in [-0.2, 0) is 6.42 Å². The minimum atomic E-state index is -1.73. The number of hydrogen-bond donors (Lipinski definition) is 1. The van der Waals surface area contributed by atoms with Gasteiger partial charge in [0, 0.05) is 0 Å². The molecular weight excluding hydrogens is 240 g/mol. The number of phenolic OH excluding ortho intramolecular Hbond substituents is 1. The van der Waals surface area contributed by atoms with Gasteiger partial charge in [-0.15, -0.1) is 0 Å². The quantitative estimate of drug-likeness (QED) is 0.346. The topological polar surface area (TPSA) is 107 Å². The maximum absolute atomic E-state index is 10.4. The number of aromatic hydroxyl groups is 1. The van der Waals surface area contributed by atoms with Crippen molar-refractivity contribution in [3.05, 3.63) is 50.1 Å². The molecule has 0 aliphatic carbocycles. The molecule has 0 aromatic heterocycles. The second-order valence-electron chi connectivity index (χ2n) is 3.93. The van der Waals surface area contributed by atoms with E-state index in [0.717, 1.165) is 5.56 Å². The van der Waals surface area contributed by atoms with Crippen LogP contribution < -0.4 is 0 Å². The van der Waals surface area contributed by atoms with E-state index in [2.05, 4.69) is 0 Å². The Morgan fingerprint density at radius 1 is 1.11 bits per heavy atom. The molecular formula is C11H14N2O5. The van der Waals surface area contributed by atoms with Gasteiger partial charge >= 0.3 is 6.17 Å². The summed E-state index contributed by atoms with van der Waals surface area (Å²) in [4.78, 5) is 19.0. The van der Waals surface area contributed by atoms with Crippen LogP contribution in [0, 0.1) is 20.2 Å². The molecule has 0 fully saturated rings. The van der Waals surface area contributed by atoms with Gasteiger partial charge in [-0.1, -0.05) is 18.2 Å². The van der Waals surface area contributed by atoms with E-state index in [4.69, 9.17) is 0 Å². The van der Waals surface area contributed by atoms with Crippen LogP contribution in [0.2, 0.25) is 0 Å². The zero-order chi connectivity index (χ0) is 13.5. The summed E-state index contributed by atoms with van der Waals surface area (Å²) in [7, 11) is 0. The maximum atomic E-state index is 10.4. The van der Waals surface area contributed by atoms with Gasteiger partial charge in [-0.05, 0) is 30.9 Å². The summed E-state index contributed by atoms with van der Waals surface area (Å²) in [6, 6.07) is 6.81. The zero-order valence-electron chi connectivity index (χ0n) is 9.69. The number of nitro groups is 2. The third kappa shape index (κ3) is 4.00. The lowest BCUT2D eigenvalue weighted by Crippen LogP contribution is -2.28. The van der Waals surface area contributed by atoms with Gasteiger partial charge in [0.05, 0.1) is 16.3 Å². The minimum Gasteiger partial charge on any atom is -0.508 e. The van der Waals surface area contributed by atoms with Gasteiger partial charge in [0.2, 0.25) is 0 Å². The minimum absolute atomic E-state index is 0.0897. The number of aryl methyl sites for hydroxylation is 1. The number of benzene rings is 1. The fourth-order valence-corrected chi connectivity index (χ4v) is 1.65. The monoisotopic (exact) mass is 254 g/mol. The van der Waals surface area contributed by atoms with Crippen molar-refractivity contribution in [3.8, 4) is 5.75 Å². The summed E-state index contributed by atoms with van der Waals surface area (Å²) in [6.07, 6.45) is -0.326. The highest BCUT2D eigenvalue weighted by Crippen LogP contribution is 2.18. The van der Waals surface area contributed by atoms with Crippen LogP contribution >= 0.6 is 0 Å². The van der Waals surface area contributed by atoms with Gasteiger partial charge in [-0.2, -0.15) is 0 Å². The molecule has 0 bridgehead atoms. The lowest BCUT2D eigenvalue weighted by molar-refractivity contribution is -0.743. The van der Waals surface area contributed by atoms with E-state index in [1.165, 1.54) is 0 Å². The third-order valence-electron chi connectivity index (χ3n) is 2.64. The van der Waals surface area contributed by atoms with E-state index < -0.39 is 16.0 Å². The van der Waals surface area contributed by atoms with Crippen LogP contribution in [0.25, 0.3) is 0 Å². The summed E-state index contributed by atoms with van der Waals surface area (Å²) in [5.41, 5.74) is 0.747. The number of rotatable bonds is 7. The number of phenols is 1. The average Bonchev–Trinajstić information content (AvgIpc) is 2.30. The van der Waals surface area contributed by atoms with Crippen LogP contribution in [0.4, 0.5) is 0 Å². The molecule has 0 spiro atoms. The molecule has 0 saturated carbocycles. The van der Waals surface area contributed by atoms with E-state index in [1.807, 2.05) is 0 Å². The Hall–Kier alpha value is -2.18. The summed E-state index contributed by atoms with van der Waals surface area (Å²) in [6.45, 7) is 0. The van der Waals surface area contributed by atoms with Crippen LogP contribution in [0.3, 0.4) is 0 Å². The van der Waals surface area contributed by atoms with Crippen LogP contribution in [0.5, 0.6) is 5.75 Å². The lowest BCUT2D eigenvalue weighted by Gasteiger charge is -2.04. The first-order valence-corrected chi connectivity index (χ1v) is 5.56. The van der Waals surface area contributed by atoms with Crippen LogP contribution in [0.1, 0.15) is 24.8 Å². The fourth-order valence-electron chi connectivity index (χ4n) is 1.65. The predicted molar refractivity (Wildman–Crippen MR) is 63.4 cm³/mol. The normalized spacial score (nSPS) is 10.5. The third-order valence-corrected chi connectivity index (χ3v) is 2.64. The van der Waals surface area contributed by atoms with Gasteiger partial charge in [-0.25, -0.2) is 0 Å². The highest BCUT2D eigenvalue weighted by molar-refractivity contribution is 5.31. The van der Waals surface area contributed by atoms with Crippen LogP contribution in [-0.4, -0.2) is 21.1 Å². The zero-order valence-corrected chi connectivity index (χ0v) is 9.69. The van der Waals surface area contributed by atoms with Crippen molar-refractivity contribution in [2.75, 3.05) is 0 Å². The predicted octanol–water partition coefficient (Wildman–Crippen LogP) is 1.98. The molecule has 1 N–H and O–H groups in total. The molecule has 7 nitrogen and oxygen atoms in total. The Bertz CT molecular complexity index is 421. The molecule has 0 atom stereocenters. The van der Waals surface area contributed by atoms with Crippen molar-refractivity contribution >= 4 is 0 Å². The van der Waals surface area contributed by atoms with E-state index in [9.17, 15) is 25.3 Å². The first kappa shape index (κ1) is 13.9. The van der Waals surface area contributed by atoms with Crippen LogP contribution in [0.15, 0.2) is 24.3 Å². The molecule has 1 aromatic rings. The van der Waals surface area contributed by atoms with Gasteiger partial charge in [0.15, 0.2) is 0 Å². The lowest BCUT2D eigenvalue weighted by atomic mass is 10.1. The largest absolute Gasteiger partial charge is 0.508 e. The summed E-state index contributed by atoms with van der Waals surface area (Å²) in [5, 5.41) is 30.2. The molecule has 1 aromatic carbocycles. The fraction of sp³-hybridized carbons (Fsp3) is 0.455. The molecule has 0 radical (unpaired) electrons. The smallest absolute Gasteiger partial charge is 0.450 e. The second kappa shape index (κ2) is 6.53. The van der Waals surface area contributed by atoms with E-state index in [0.29, 0.717) is 19.3 Å². The SMILES string of the molecule is O=[N+]([O-])C(CCCCc1ccccc1O)[N+](=O)[O-]. The molecule has 0 heterocycles. The molecule has 18 heavy (non-hydrogen) atoms. The molecule has 0 saturated heterocycles. The average molecular weight is 254 g/mol. The molecule has 0 aliphatic rings. The van der Waals surface area contributed by atoms with Crippen molar-refractivity contribution in [2.24, 2.45) is 0 Å². The van der Waals surface area contributed by atoms with Crippen molar-refractivity contribution in [1.82, 2.24) is 0 Å². The molecule has 7 heteroatoms. The Kier molecular flexibility index (Phi) is 5.04. The molecule has 1 rings (SSSR count). The second-order valence-corrected chi connectivity index (χ2v) is 3.93. The van der Waals surface area contributed by atoms with Crippen molar-refractivity contribution in [3.63, 3.8) is 0 Å². The number of unbranched alkanes of at least 4 members (excludes halogenated alkanes) is 1. The van der Waals surface area contributed by atoms with E-state index in [1.54, 1.807) is 24.3 Å². The number of hydrogen-bond acceptors (Lipinski definition) is 5. The van der Waals surface area contributed by atoms with Gasteiger partial charge < -0.3 is 5.11 Å². The van der Waals surface area contributed by atoms with Crippen molar-refractivity contribution < 1.29 is 15.0 Å². The first-order valence-electron chi connectivity index (χ1n) is 5.56. The Morgan fingerprint density at radius 3 is 2.28 bits per heavy atom. The highest BCUT2D eigenvalue weighted by atomic mass is 16.7. The summed E-state index contributed by atoms with van der Waals surface area (Å²) < 4.78 is 0. The van der Waals surface area contributed by atoms with Crippen molar-refractivity contribution in [1.29, 1.82) is 0 Å².